The molecule has 1 unspecified atom stereocenters. The lowest BCUT2D eigenvalue weighted by Crippen LogP contribution is -2.30. The van der Waals surface area contributed by atoms with E-state index < -0.39 is 12.1 Å². The minimum atomic E-state index is -0.673. The molecule has 126 valence electrons. The summed E-state index contributed by atoms with van der Waals surface area (Å²) in [7, 11) is 1.33. The summed E-state index contributed by atoms with van der Waals surface area (Å²) in [6, 6.07) is 12.3. The Kier molecular flexibility index (Phi) is 5.58. The number of esters is 1. The highest BCUT2D eigenvalue weighted by Crippen LogP contribution is 2.20. The summed E-state index contributed by atoms with van der Waals surface area (Å²) >= 11 is 0. The van der Waals surface area contributed by atoms with Crippen molar-refractivity contribution in [2.75, 3.05) is 12.4 Å². The van der Waals surface area contributed by atoms with Crippen LogP contribution in [-0.4, -0.2) is 25.1 Å². The van der Waals surface area contributed by atoms with E-state index in [1.165, 1.54) is 7.11 Å². The van der Waals surface area contributed by atoms with Gasteiger partial charge in [-0.05, 0) is 56.2 Å². The molecule has 0 aliphatic heterocycles. The number of anilines is 1. The van der Waals surface area contributed by atoms with E-state index in [0.29, 0.717) is 11.3 Å². The van der Waals surface area contributed by atoms with E-state index in [0.717, 1.165) is 16.8 Å². The van der Waals surface area contributed by atoms with Crippen LogP contribution in [0.2, 0.25) is 0 Å². The van der Waals surface area contributed by atoms with Crippen molar-refractivity contribution in [2.45, 2.75) is 26.9 Å². The number of carbonyl (C=O) groups is 2. The van der Waals surface area contributed by atoms with Gasteiger partial charge >= 0.3 is 5.97 Å². The van der Waals surface area contributed by atoms with Gasteiger partial charge in [-0.15, -0.1) is 0 Å². The fourth-order valence-electron chi connectivity index (χ4n) is 2.28. The van der Waals surface area contributed by atoms with Gasteiger partial charge in [-0.3, -0.25) is 4.79 Å². The zero-order chi connectivity index (χ0) is 17.7. The molecule has 0 saturated heterocycles. The van der Waals surface area contributed by atoms with E-state index in [1.807, 2.05) is 32.0 Å². The van der Waals surface area contributed by atoms with Crippen LogP contribution in [0.5, 0.6) is 5.75 Å². The third-order valence-corrected chi connectivity index (χ3v) is 3.69. The lowest BCUT2D eigenvalue weighted by Gasteiger charge is -2.17. The fourth-order valence-corrected chi connectivity index (χ4v) is 2.28. The van der Waals surface area contributed by atoms with Crippen molar-refractivity contribution in [3.63, 3.8) is 0 Å². The number of carbonyl (C=O) groups excluding carboxylic acids is 2. The average molecular weight is 327 g/mol. The molecule has 0 saturated carbocycles. The third-order valence-electron chi connectivity index (χ3n) is 3.69. The molecule has 2 aromatic rings. The first kappa shape index (κ1) is 17.5. The fraction of sp³-hybridized carbons (Fsp3) is 0.263. The van der Waals surface area contributed by atoms with Gasteiger partial charge in [0.25, 0.3) is 5.91 Å². The molecular weight excluding hydrogens is 306 g/mol. The molecular formula is C19H21NO4. The molecule has 0 heterocycles. The average Bonchev–Trinajstić information content (AvgIpc) is 2.58. The highest BCUT2D eigenvalue weighted by molar-refractivity contribution is 5.95. The molecule has 0 aromatic heterocycles. The van der Waals surface area contributed by atoms with E-state index in [2.05, 4.69) is 10.1 Å². The zero-order valence-electron chi connectivity index (χ0n) is 14.3. The Morgan fingerprint density at radius 2 is 1.58 bits per heavy atom. The SMILES string of the molecule is COC(=O)c1ccc(OC(C)C(=O)Nc2c(C)cccc2C)cc1. The third kappa shape index (κ3) is 4.13. The van der Waals surface area contributed by atoms with E-state index in [1.54, 1.807) is 31.2 Å². The van der Waals surface area contributed by atoms with Crippen LogP contribution >= 0.6 is 0 Å². The molecule has 2 rings (SSSR count). The van der Waals surface area contributed by atoms with Gasteiger partial charge in [-0.25, -0.2) is 4.79 Å². The monoisotopic (exact) mass is 327 g/mol. The summed E-state index contributed by atoms with van der Waals surface area (Å²) in [6.45, 7) is 5.57. The van der Waals surface area contributed by atoms with Crippen LogP contribution in [0, 0.1) is 13.8 Å². The van der Waals surface area contributed by atoms with Gasteiger partial charge in [-0.1, -0.05) is 18.2 Å². The number of rotatable bonds is 5. The van der Waals surface area contributed by atoms with Crippen LogP contribution in [0.3, 0.4) is 0 Å². The number of nitrogens with one attached hydrogen (secondary N) is 1. The van der Waals surface area contributed by atoms with E-state index in [-0.39, 0.29) is 5.91 Å². The number of ether oxygens (including phenoxy) is 2. The molecule has 0 fully saturated rings. The van der Waals surface area contributed by atoms with Crippen LogP contribution in [-0.2, 0) is 9.53 Å². The van der Waals surface area contributed by atoms with Gasteiger partial charge < -0.3 is 14.8 Å². The van der Waals surface area contributed by atoms with Crippen LogP contribution < -0.4 is 10.1 Å². The Labute approximate surface area is 141 Å². The first-order valence-corrected chi connectivity index (χ1v) is 7.64. The van der Waals surface area contributed by atoms with Crippen molar-refractivity contribution in [1.82, 2.24) is 0 Å². The maximum Gasteiger partial charge on any atom is 0.337 e. The number of amides is 1. The topological polar surface area (TPSA) is 64.6 Å². The molecule has 1 N–H and O–H groups in total. The largest absolute Gasteiger partial charge is 0.481 e. The maximum absolute atomic E-state index is 12.3. The van der Waals surface area contributed by atoms with E-state index in [4.69, 9.17) is 4.74 Å². The predicted molar refractivity (Wildman–Crippen MR) is 92.4 cm³/mol. The highest BCUT2D eigenvalue weighted by atomic mass is 16.5. The van der Waals surface area contributed by atoms with Crippen LogP contribution in [0.15, 0.2) is 42.5 Å². The molecule has 5 heteroatoms. The van der Waals surface area contributed by atoms with Gasteiger partial charge in [-0.2, -0.15) is 0 Å². The van der Waals surface area contributed by atoms with Crippen molar-refractivity contribution < 1.29 is 19.1 Å². The molecule has 5 nitrogen and oxygen atoms in total. The Morgan fingerprint density at radius 3 is 2.12 bits per heavy atom. The second-order valence-electron chi connectivity index (χ2n) is 5.53. The molecule has 0 aliphatic carbocycles. The molecule has 2 aromatic carbocycles. The van der Waals surface area contributed by atoms with Gasteiger partial charge in [0, 0.05) is 5.69 Å². The zero-order valence-corrected chi connectivity index (χ0v) is 14.3. The second kappa shape index (κ2) is 7.64. The maximum atomic E-state index is 12.3. The molecule has 0 spiro atoms. The molecule has 0 aliphatic rings. The Morgan fingerprint density at radius 1 is 1.00 bits per heavy atom. The molecule has 24 heavy (non-hydrogen) atoms. The number of para-hydroxylation sites is 1. The van der Waals surface area contributed by atoms with Crippen molar-refractivity contribution in [1.29, 1.82) is 0 Å². The Balaban J connectivity index is 2.02. The van der Waals surface area contributed by atoms with Gasteiger partial charge in [0.05, 0.1) is 12.7 Å². The van der Waals surface area contributed by atoms with Gasteiger partial charge in [0.2, 0.25) is 0 Å². The standard InChI is InChI=1S/C19H21NO4/c1-12-6-5-7-13(2)17(12)20-18(21)14(3)24-16-10-8-15(9-11-16)19(22)23-4/h5-11,14H,1-4H3,(H,20,21). The molecule has 0 radical (unpaired) electrons. The van der Waals surface area contributed by atoms with Crippen LogP contribution in [0.4, 0.5) is 5.69 Å². The molecule has 1 amide bonds. The molecule has 0 bridgehead atoms. The lowest BCUT2D eigenvalue weighted by molar-refractivity contribution is -0.122. The van der Waals surface area contributed by atoms with Crippen molar-refractivity contribution in [3.8, 4) is 5.75 Å². The predicted octanol–water partition coefficient (Wildman–Crippen LogP) is 3.50. The van der Waals surface area contributed by atoms with E-state index >= 15 is 0 Å². The number of methoxy groups -OCH3 is 1. The van der Waals surface area contributed by atoms with Crippen LogP contribution in [0.1, 0.15) is 28.4 Å². The number of hydrogen-bond acceptors (Lipinski definition) is 4. The van der Waals surface area contributed by atoms with Crippen molar-refractivity contribution in [3.05, 3.63) is 59.2 Å². The quantitative estimate of drug-likeness (QED) is 0.854. The Bertz CT molecular complexity index is 717. The normalized spacial score (nSPS) is 11.5. The van der Waals surface area contributed by atoms with Gasteiger partial charge in [0.1, 0.15) is 5.75 Å². The Hall–Kier alpha value is -2.82. The number of benzene rings is 2. The van der Waals surface area contributed by atoms with E-state index in [9.17, 15) is 9.59 Å². The number of aryl methyl sites for hydroxylation is 2. The first-order valence-electron chi connectivity index (χ1n) is 7.64. The van der Waals surface area contributed by atoms with Gasteiger partial charge in [0.15, 0.2) is 6.10 Å². The summed E-state index contributed by atoms with van der Waals surface area (Å²) in [5.74, 6) is -0.140. The first-order chi connectivity index (χ1) is 11.4. The summed E-state index contributed by atoms with van der Waals surface area (Å²) in [6.07, 6.45) is -0.673. The summed E-state index contributed by atoms with van der Waals surface area (Å²) in [4.78, 5) is 23.7. The van der Waals surface area contributed by atoms with Crippen molar-refractivity contribution >= 4 is 17.6 Å². The minimum Gasteiger partial charge on any atom is -0.481 e. The summed E-state index contributed by atoms with van der Waals surface area (Å²) in [5, 5.41) is 2.90. The number of hydrogen-bond donors (Lipinski definition) is 1. The second-order valence-corrected chi connectivity index (χ2v) is 5.53. The summed E-state index contributed by atoms with van der Waals surface area (Å²) in [5.41, 5.74) is 3.23. The van der Waals surface area contributed by atoms with Crippen molar-refractivity contribution in [2.24, 2.45) is 0 Å². The lowest BCUT2D eigenvalue weighted by atomic mass is 10.1. The smallest absolute Gasteiger partial charge is 0.337 e. The minimum absolute atomic E-state index is 0.232. The molecule has 1 atom stereocenters. The highest BCUT2D eigenvalue weighted by Gasteiger charge is 2.17. The van der Waals surface area contributed by atoms with Crippen LogP contribution in [0.25, 0.3) is 0 Å². The summed E-state index contributed by atoms with van der Waals surface area (Å²) < 4.78 is 10.3.